The molecule has 6 nitrogen and oxygen atoms in total. The summed E-state index contributed by atoms with van der Waals surface area (Å²) in [5.41, 5.74) is 10.7. The van der Waals surface area contributed by atoms with Crippen molar-refractivity contribution in [1.82, 2.24) is 24.1 Å². The summed E-state index contributed by atoms with van der Waals surface area (Å²) in [6.07, 6.45) is 1.83. The number of nitrogens with zero attached hydrogens (tertiary/aromatic N) is 6. The predicted molar refractivity (Wildman–Crippen MR) is 210 cm³/mol. The highest BCUT2D eigenvalue weighted by molar-refractivity contribution is 6.25. The third kappa shape index (κ3) is 4.61. The Bertz CT molecular complexity index is 2950. The maximum Gasteiger partial charge on any atom is 0.160 e. The van der Waals surface area contributed by atoms with Gasteiger partial charge in [-0.3, -0.25) is 4.57 Å². The highest BCUT2D eigenvalue weighted by Gasteiger charge is 2.22. The van der Waals surface area contributed by atoms with E-state index in [-0.39, 0.29) is 0 Å². The molecule has 0 amide bonds. The maximum absolute atomic E-state index is 10.7. The first-order valence-corrected chi connectivity index (χ1v) is 17.2. The van der Waals surface area contributed by atoms with E-state index in [1.54, 1.807) is 0 Å². The van der Waals surface area contributed by atoms with Crippen LogP contribution in [0.1, 0.15) is 5.56 Å². The van der Waals surface area contributed by atoms with Crippen LogP contribution in [0.2, 0.25) is 0 Å². The summed E-state index contributed by atoms with van der Waals surface area (Å²) in [5.74, 6) is 0.605. The van der Waals surface area contributed by atoms with Gasteiger partial charge in [-0.2, -0.15) is 5.26 Å². The molecule has 10 rings (SSSR count). The van der Waals surface area contributed by atoms with Gasteiger partial charge in [-0.15, -0.1) is 0 Å². The van der Waals surface area contributed by atoms with E-state index in [1.807, 2.05) is 97.2 Å². The van der Waals surface area contributed by atoms with Gasteiger partial charge in [0.05, 0.1) is 39.6 Å². The summed E-state index contributed by atoms with van der Waals surface area (Å²) in [6.45, 7) is 0. The molecule has 0 saturated heterocycles. The first kappa shape index (κ1) is 29.5. The standard InChI is InChI=1S/C46H28N6/c47-29-32-27-34(22-23-35(32)40-28-39(30-13-4-1-5-14-30)49-45(50-40)31-15-6-2-7-16-31)52-44-36(37-20-12-26-48-46(37)52)24-25-42-43(44)38-19-10-11-21-41(38)51(42)33-17-8-3-9-18-33/h1-28H. The van der Waals surface area contributed by atoms with Gasteiger partial charge in [0.2, 0.25) is 0 Å². The van der Waals surface area contributed by atoms with Crippen LogP contribution in [-0.2, 0) is 0 Å². The molecule has 0 aliphatic heterocycles. The van der Waals surface area contributed by atoms with E-state index >= 15 is 0 Å². The molecule has 10 aromatic rings. The molecule has 0 radical (unpaired) electrons. The SMILES string of the molecule is N#Cc1cc(-n2c3ncccc3c3ccc4c(c5ccccc5n4-c4ccccc4)c32)ccc1-c1cc(-c2ccccc2)nc(-c2ccccc2)n1. The molecule has 0 N–H and O–H groups in total. The van der Waals surface area contributed by atoms with Gasteiger partial charge in [-0.1, -0.05) is 103 Å². The van der Waals surface area contributed by atoms with Crippen LogP contribution < -0.4 is 0 Å². The number of rotatable bonds is 5. The molecule has 242 valence electrons. The Balaban J connectivity index is 1.24. The molecule has 0 saturated carbocycles. The molecule has 4 aromatic heterocycles. The first-order chi connectivity index (χ1) is 25.8. The summed E-state index contributed by atoms with van der Waals surface area (Å²) >= 11 is 0. The normalized spacial score (nSPS) is 11.4. The summed E-state index contributed by atoms with van der Waals surface area (Å²) in [4.78, 5) is 14.9. The molecule has 6 heteroatoms. The van der Waals surface area contributed by atoms with Crippen LogP contribution in [-0.4, -0.2) is 24.1 Å². The number of pyridine rings is 1. The van der Waals surface area contributed by atoms with Gasteiger partial charge in [0.15, 0.2) is 5.82 Å². The maximum atomic E-state index is 10.7. The zero-order chi connectivity index (χ0) is 34.6. The minimum Gasteiger partial charge on any atom is -0.309 e. The van der Waals surface area contributed by atoms with Gasteiger partial charge >= 0.3 is 0 Å². The monoisotopic (exact) mass is 664 g/mol. The van der Waals surface area contributed by atoms with E-state index in [4.69, 9.17) is 15.0 Å². The zero-order valence-corrected chi connectivity index (χ0v) is 27.8. The Labute approximate surface area is 299 Å². The lowest BCUT2D eigenvalue weighted by Gasteiger charge is -2.13. The minimum absolute atomic E-state index is 0.513. The van der Waals surface area contributed by atoms with Crippen LogP contribution in [0.3, 0.4) is 0 Å². The van der Waals surface area contributed by atoms with Gasteiger partial charge < -0.3 is 4.57 Å². The highest BCUT2D eigenvalue weighted by atomic mass is 15.1. The summed E-state index contributed by atoms with van der Waals surface area (Å²) in [6, 6.07) is 58.1. The van der Waals surface area contributed by atoms with Crippen molar-refractivity contribution in [3.63, 3.8) is 0 Å². The second-order valence-corrected chi connectivity index (χ2v) is 12.8. The highest BCUT2D eigenvalue weighted by Crippen LogP contribution is 2.42. The van der Waals surface area contributed by atoms with Crippen LogP contribution in [0.4, 0.5) is 0 Å². The van der Waals surface area contributed by atoms with Crippen LogP contribution >= 0.6 is 0 Å². The third-order valence-corrected chi connectivity index (χ3v) is 9.82. The van der Waals surface area contributed by atoms with Crippen molar-refractivity contribution >= 4 is 43.7 Å². The predicted octanol–water partition coefficient (Wildman–Crippen LogP) is 10.9. The van der Waals surface area contributed by atoms with Gasteiger partial charge in [-0.05, 0) is 60.7 Å². The van der Waals surface area contributed by atoms with Crippen molar-refractivity contribution in [3.8, 4) is 51.3 Å². The average molecular weight is 665 g/mol. The van der Waals surface area contributed by atoms with Gasteiger partial charge in [0.25, 0.3) is 0 Å². The molecule has 0 unspecified atom stereocenters. The fourth-order valence-corrected chi connectivity index (χ4v) is 7.54. The Morgan fingerprint density at radius 1 is 0.500 bits per heavy atom. The molecule has 4 heterocycles. The smallest absolute Gasteiger partial charge is 0.160 e. The molecular weight excluding hydrogens is 637 g/mol. The fourth-order valence-electron chi connectivity index (χ4n) is 7.54. The Hall–Kier alpha value is -7.36. The summed E-state index contributed by atoms with van der Waals surface area (Å²) in [5, 5.41) is 15.2. The number of nitriles is 1. The van der Waals surface area contributed by atoms with Crippen molar-refractivity contribution in [2.75, 3.05) is 0 Å². The lowest BCUT2D eigenvalue weighted by atomic mass is 10.0. The Morgan fingerprint density at radius 2 is 1.19 bits per heavy atom. The van der Waals surface area contributed by atoms with E-state index in [1.165, 1.54) is 0 Å². The number of aromatic nitrogens is 5. The van der Waals surface area contributed by atoms with Crippen LogP contribution in [0.5, 0.6) is 0 Å². The van der Waals surface area contributed by atoms with E-state index in [0.29, 0.717) is 17.1 Å². The van der Waals surface area contributed by atoms with Crippen molar-refractivity contribution in [2.45, 2.75) is 0 Å². The van der Waals surface area contributed by atoms with Crippen LogP contribution in [0.25, 0.3) is 89.0 Å². The van der Waals surface area contributed by atoms with Crippen molar-refractivity contribution in [1.29, 1.82) is 5.26 Å². The largest absolute Gasteiger partial charge is 0.309 e. The molecule has 6 aromatic carbocycles. The van der Waals surface area contributed by atoms with Crippen LogP contribution in [0.15, 0.2) is 170 Å². The van der Waals surface area contributed by atoms with Gasteiger partial charge in [0, 0.05) is 55.8 Å². The van der Waals surface area contributed by atoms with Crippen molar-refractivity contribution < 1.29 is 0 Å². The summed E-state index contributed by atoms with van der Waals surface area (Å²) in [7, 11) is 0. The third-order valence-electron chi connectivity index (χ3n) is 9.82. The fraction of sp³-hybridized carbons (Fsp3) is 0. The second-order valence-electron chi connectivity index (χ2n) is 12.8. The van der Waals surface area contributed by atoms with Crippen molar-refractivity contribution in [2.24, 2.45) is 0 Å². The molecule has 52 heavy (non-hydrogen) atoms. The molecule has 0 atom stereocenters. The number of fused-ring (bicyclic) bond motifs is 7. The van der Waals surface area contributed by atoms with E-state index < -0.39 is 0 Å². The lowest BCUT2D eigenvalue weighted by molar-refractivity contribution is 1.13. The molecule has 0 fully saturated rings. The topological polar surface area (TPSA) is 72.3 Å². The first-order valence-electron chi connectivity index (χ1n) is 17.2. The average Bonchev–Trinajstić information content (AvgIpc) is 3.74. The lowest BCUT2D eigenvalue weighted by Crippen LogP contribution is -2.00. The molecule has 0 bridgehead atoms. The van der Waals surface area contributed by atoms with Crippen LogP contribution in [0, 0.1) is 11.3 Å². The zero-order valence-electron chi connectivity index (χ0n) is 27.8. The Morgan fingerprint density at radius 3 is 1.98 bits per heavy atom. The molecule has 0 aliphatic carbocycles. The minimum atomic E-state index is 0.513. The molecular formula is C46H28N6. The number of benzene rings is 6. The van der Waals surface area contributed by atoms with Crippen molar-refractivity contribution in [3.05, 3.63) is 176 Å². The van der Waals surface area contributed by atoms with E-state index in [0.717, 1.165) is 77.5 Å². The van der Waals surface area contributed by atoms with Gasteiger partial charge in [-0.25, -0.2) is 15.0 Å². The quantitative estimate of drug-likeness (QED) is 0.184. The molecule has 0 aliphatic rings. The van der Waals surface area contributed by atoms with Gasteiger partial charge in [0.1, 0.15) is 5.65 Å². The van der Waals surface area contributed by atoms with E-state index in [2.05, 4.69) is 88.0 Å². The number of hydrogen-bond acceptors (Lipinski definition) is 4. The second kappa shape index (κ2) is 11.9. The Kier molecular flexibility index (Phi) is 6.76. The number of para-hydroxylation sites is 2. The number of hydrogen-bond donors (Lipinski definition) is 0. The summed E-state index contributed by atoms with van der Waals surface area (Å²) < 4.78 is 4.54. The molecule has 0 spiro atoms. The van der Waals surface area contributed by atoms with E-state index in [9.17, 15) is 5.26 Å².